The number of likely N-dealkylation sites (N-methyl/N-ethyl adjacent to an activating group) is 1. The van der Waals surface area contributed by atoms with Crippen molar-refractivity contribution < 1.29 is 13.2 Å². The molecule has 1 fully saturated rings. The normalized spacial score (nSPS) is 17.2. The van der Waals surface area contributed by atoms with E-state index in [9.17, 15) is 13.2 Å². The second-order valence-corrected chi connectivity index (χ2v) is 8.52. The predicted octanol–water partition coefficient (Wildman–Crippen LogP) is 1.51. The summed E-state index contributed by atoms with van der Waals surface area (Å²) in [7, 11) is -1.81. The second kappa shape index (κ2) is 7.82. The molecule has 134 valence electrons. The fourth-order valence-electron chi connectivity index (χ4n) is 2.51. The Morgan fingerprint density at radius 1 is 1.21 bits per heavy atom. The number of hydrogen-bond donors (Lipinski definition) is 0. The average Bonchev–Trinajstić information content (AvgIpc) is 2.54. The van der Waals surface area contributed by atoms with Crippen molar-refractivity contribution in [1.82, 2.24) is 14.1 Å². The van der Waals surface area contributed by atoms with Crippen molar-refractivity contribution in [2.75, 3.05) is 39.8 Å². The van der Waals surface area contributed by atoms with E-state index in [1.54, 1.807) is 30.1 Å². The fraction of sp³-hybridized carbons (Fsp3) is 0.562. The van der Waals surface area contributed by atoms with Crippen LogP contribution in [0.4, 0.5) is 0 Å². The van der Waals surface area contributed by atoms with Crippen molar-refractivity contribution in [2.45, 2.75) is 24.8 Å². The molecule has 0 saturated carbocycles. The number of carbonyl (C=O) groups is 1. The van der Waals surface area contributed by atoms with Gasteiger partial charge in [-0.05, 0) is 26.0 Å². The third kappa shape index (κ3) is 4.27. The first-order chi connectivity index (χ1) is 11.2. The summed E-state index contributed by atoms with van der Waals surface area (Å²) in [5, 5.41) is 0.230. The molecule has 1 saturated heterocycles. The molecule has 0 radical (unpaired) electrons. The maximum atomic E-state index is 12.7. The summed E-state index contributed by atoms with van der Waals surface area (Å²) in [5.41, 5.74) is 0. The van der Waals surface area contributed by atoms with Gasteiger partial charge in [0, 0.05) is 39.3 Å². The van der Waals surface area contributed by atoms with Gasteiger partial charge in [0.05, 0.1) is 11.6 Å². The first-order valence-corrected chi connectivity index (χ1v) is 9.78. The van der Waals surface area contributed by atoms with Gasteiger partial charge in [0.15, 0.2) is 0 Å². The molecular weight excluding hydrogens is 350 g/mol. The van der Waals surface area contributed by atoms with Crippen LogP contribution in [0.15, 0.2) is 29.2 Å². The van der Waals surface area contributed by atoms with E-state index in [1.165, 1.54) is 10.4 Å². The average molecular weight is 374 g/mol. The molecule has 0 atom stereocenters. The first-order valence-electron chi connectivity index (χ1n) is 7.96. The van der Waals surface area contributed by atoms with Crippen LogP contribution in [0.3, 0.4) is 0 Å². The minimum absolute atomic E-state index is 0.0485. The van der Waals surface area contributed by atoms with Crippen LogP contribution in [-0.4, -0.2) is 74.2 Å². The summed E-state index contributed by atoms with van der Waals surface area (Å²) in [6, 6.07) is 6.61. The number of piperazine rings is 1. The van der Waals surface area contributed by atoms with Crippen LogP contribution in [0.2, 0.25) is 5.02 Å². The zero-order valence-corrected chi connectivity index (χ0v) is 15.8. The number of halogens is 1. The van der Waals surface area contributed by atoms with Gasteiger partial charge in [0.25, 0.3) is 0 Å². The van der Waals surface area contributed by atoms with Gasteiger partial charge in [-0.25, -0.2) is 8.42 Å². The molecule has 24 heavy (non-hydrogen) atoms. The first kappa shape index (κ1) is 19.2. The molecule has 0 unspecified atom stereocenters. The van der Waals surface area contributed by atoms with Crippen molar-refractivity contribution in [3.05, 3.63) is 29.3 Å². The Bertz CT molecular complexity index is 686. The predicted molar refractivity (Wildman–Crippen MR) is 94.6 cm³/mol. The molecule has 2 rings (SSSR count). The van der Waals surface area contributed by atoms with Gasteiger partial charge in [-0.15, -0.1) is 0 Å². The number of amides is 1. The van der Waals surface area contributed by atoms with Crippen molar-refractivity contribution in [2.24, 2.45) is 0 Å². The lowest BCUT2D eigenvalue weighted by Crippen LogP contribution is -2.51. The van der Waals surface area contributed by atoms with Gasteiger partial charge in [-0.3, -0.25) is 9.69 Å². The Kier molecular flexibility index (Phi) is 6.25. The third-order valence-electron chi connectivity index (χ3n) is 4.31. The molecule has 1 heterocycles. The molecule has 1 aliphatic rings. The largest absolute Gasteiger partial charge is 0.342 e. The molecule has 1 amide bonds. The molecule has 0 bridgehead atoms. The van der Waals surface area contributed by atoms with E-state index in [1.807, 2.05) is 18.7 Å². The zero-order valence-electron chi connectivity index (χ0n) is 14.3. The summed E-state index contributed by atoms with van der Waals surface area (Å²) in [6.07, 6.45) is 0. The molecule has 6 nitrogen and oxygen atoms in total. The molecular formula is C16H24ClN3O3S. The maximum Gasteiger partial charge on any atom is 0.244 e. The molecule has 1 aromatic rings. The lowest BCUT2D eigenvalue weighted by molar-refractivity contribution is -0.132. The quantitative estimate of drug-likeness (QED) is 0.785. The van der Waals surface area contributed by atoms with Crippen molar-refractivity contribution >= 4 is 27.5 Å². The highest BCUT2D eigenvalue weighted by Crippen LogP contribution is 2.24. The second-order valence-electron chi connectivity index (χ2n) is 6.21. The molecule has 1 aromatic carbocycles. The van der Waals surface area contributed by atoms with E-state index >= 15 is 0 Å². The SMILES string of the molecule is CC(C)N(C)C(=O)CN1CCN(S(=O)(=O)c2ccccc2Cl)CC1. The Balaban J connectivity index is 1.98. The lowest BCUT2D eigenvalue weighted by Gasteiger charge is -2.34. The number of carbonyl (C=O) groups excluding carboxylic acids is 1. The van der Waals surface area contributed by atoms with Crippen LogP contribution in [0.1, 0.15) is 13.8 Å². The number of hydrogen-bond acceptors (Lipinski definition) is 4. The standard InChI is InChI=1S/C16H24ClN3O3S/c1-13(2)18(3)16(21)12-19-8-10-20(11-9-19)24(22,23)15-7-5-4-6-14(15)17/h4-7,13H,8-12H2,1-3H3. The summed E-state index contributed by atoms with van der Waals surface area (Å²) < 4.78 is 26.8. The van der Waals surface area contributed by atoms with Crippen LogP contribution in [0.5, 0.6) is 0 Å². The summed E-state index contributed by atoms with van der Waals surface area (Å²) in [5.74, 6) is 0.0485. The minimum atomic E-state index is -3.59. The highest BCUT2D eigenvalue weighted by molar-refractivity contribution is 7.89. The van der Waals surface area contributed by atoms with Crippen LogP contribution < -0.4 is 0 Å². The Hall–Kier alpha value is -1.15. The van der Waals surface area contributed by atoms with E-state index in [-0.39, 0.29) is 21.9 Å². The summed E-state index contributed by atoms with van der Waals surface area (Å²) in [4.78, 5) is 16.0. The molecule has 0 aromatic heterocycles. The van der Waals surface area contributed by atoms with E-state index in [4.69, 9.17) is 11.6 Å². The van der Waals surface area contributed by atoms with E-state index in [0.29, 0.717) is 32.7 Å². The number of rotatable bonds is 5. The van der Waals surface area contributed by atoms with Crippen molar-refractivity contribution in [1.29, 1.82) is 0 Å². The minimum Gasteiger partial charge on any atom is -0.342 e. The zero-order chi connectivity index (χ0) is 17.9. The van der Waals surface area contributed by atoms with Crippen LogP contribution in [-0.2, 0) is 14.8 Å². The van der Waals surface area contributed by atoms with E-state index in [0.717, 1.165) is 0 Å². The lowest BCUT2D eigenvalue weighted by atomic mass is 10.3. The highest BCUT2D eigenvalue weighted by atomic mass is 35.5. The molecule has 0 N–H and O–H groups in total. The van der Waals surface area contributed by atoms with Crippen LogP contribution in [0.25, 0.3) is 0 Å². The number of nitrogens with zero attached hydrogens (tertiary/aromatic N) is 3. The Morgan fingerprint density at radius 3 is 2.33 bits per heavy atom. The summed E-state index contributed by atoms with van der Waals surface area (Å²) >= 11 is 6.02. The molecule has 0 aliphatic carbocycles. The third-order valence-corrected chi connectivity index (χ3v) is 6.71. The number of sulfonamides is 1. The topological polar surface area (TPSA) is 60.9 Å². The van der Waals surface area contributed by atoms with Crippen LogP contribution in [0, 0.1) is 0 Å². The van der Waals surface area contributed by atoms with Gasteiger partial charge in [-0.1, -0.05) is 23.7 Å². The Morgan fingerprint density at radius 2 is 1.79 bits per heavy atom. The van der Waals surface area contributed by atoms with E-state index in [2.05, 4.69) is 0 Å². The highest BCUT2D eigenvalue weighted by Gasteiger charge is 2.30. The van der Waals surface area contributed by atoms with Gasteiger partial charge < -0.3 is 4.90 Å². The van der Waals surface area contributed by atoms with Gasteiger partial charge in [0.2, 0.25) is 15.9 Å². The summed E-state index contributed by atoms with van der Waals surface area (Å²) in [6.45, 7) is 6.01. The fourth-order valence-corrected chi connectivity index (χ4v) is 4.43. The van der Waals surface area contributed by atoms with Crippen molar-refractivity contribution in [3.8, 4) is 0 Å². The monoisotopic (exact) mass is 373 g/mol. The molecule has 1 aliphatic heterocycles. The number of benzene rings is 1. The van der Waals surface area contributed by atoms with Gasteiger partial charge >= 0.3 is 0 Å². The van der Waals surface area contributed by atoms with Gasteiger partial charge in [0.1, 0.15) is 4.90 Å². The van der Waals surface area contributed by atoms with E-state index < -0.39 is 10.0 Å². The maximum absolute atomic E-state index is 12.7. The molecule has 8 heteroatoms. The van der Waals surface area contributed by atoms with Gasteiger partial charge in [-0.2, -0.15) is 4.31 Å². The Labute approximate surface area is 149 Å². The molecule has 0 spiro atoms. The van der Waals surface area contributed by atoms with Crippen LogP contribution >= 0.6 is 11.6 Å². The van der Waals surface area contributed by atoms with Crippen molar-refractivity contribution in [3.63, 3.8) is 0 Å². The smallest absolute Gasteiger partial charge is 0.244 e.